The summed E-state index contributed by atoms with van der Waals surface area (Å²) in [5.74, 6) is 0.876. The van der Waals surface area contributed by atoms with Crippen LogP contribution in [0.3, 0.4) is 0 Å². The highest BCUT2D eigenvalue weighted by atomic mass is 14.3. The molecule has 1 rings (SSSR count). The van der Waals surface area contributed by atoms with Gasteiger partial charge in [0.1, 0.15) is 0 Å². The molecule has 0 bridgehead atoms. The Kier molecular flexibility index (Phi) is 2.31. The molecule has 0 N–H and O–H groups in total. The van der Waals surface area contributed by atoms with Gasteiger partial charge in [-0.3, -0.25) is 0 Å². The van der Waals surface area contributed by atoms with Gasteiger partial charge in [-0.1, -0.05) is 37.1 Å². The summed E-state index contributed by atoms with van der Waals surface area (Å²) < 4.78 is 0. The van der Waals surface area contributed by atoms with Crippen LogP contribution in [0.2, 0.25) is 0 Å². The molecule has 0 aromatic heterocycles. The summed E-state index contributed by atoms with van der Waals surface area (Å²) in [6.45, 7) is 6.67. The highest BCUT2D eigenvalue weighted by Crippen LogP contribution is 2.39. The van der Waals surface area contributed by atoms with E-state index in [9.17, 15) is 0 Å². The van der Waals surface area contributed by atoms with Gasteiger partial charge in [-0.2, -0.15) is 0 Å². The van der Waals surface area contributed by atoms with E-state index in [2.05, 4.69) is 32.9 Å². The summed E-state index contributed by atoms with van der Waals surface area (Å²) in [7, 11) is 0. The van der Waals surface area contributed by atoms with Gasteiger partial charge in [-0.15, -0.1) is 0 Å². The Bertz CT molecular complexity index is 172. The molecule has 1 aliphatic rings. The van der Waals surface area contributed by atoms with Crippen LogP contribution in [0.15, 0.2) is 23.3 Å². The molecule has 1 aliphatic carbocycles. The van der Waals surface area contributed by atoms with E-state index in [0.717, 1.165) is 12.3 Å². The van der Waals surface area contributed by atoms with Crippen molar-refractivity contribution in [3.05, 3.63) is 23.3 Å². The molecule has 0 aliphatic heterocycles. The van der Waals surface area contributed by atoms with Gasteiger partial charge >= 0.3 is 0 Å². The predicted molar refractivity (Wildman–Crippen MR) is 45.9 cm³/mol. The van der Waals surface area contributed by atoms with Gasteiger partial charge in [0.2, 0.25) is 0 Å². The first-order valence-corrected chi connectivity index (χ1v) is 4.12. The van der Waals surface area contributed by atoms with Crippen LogP contribution < -0.4 is 0 Å². The van der Waals surface area contributed by atoms with Gasteiger partial charge in [-0.05, 0) is 25.7 Å². The number of rotatable bonds is 2. The average Bonchev–Trinajstić information content (AvgIpc) is 2.62. The van der Waals surface area contributed by atoms with E-state index in [1.165, 1.54) is 12.0 Å². The summed E-state index contributed by atoms with van der Waals surface area (Å²) in [5, 5.41) is 0. The molecule has 0 heterocycles. The van der Waals surface area contributed by atoms with Crippen molar-refractivity contribution >= 4 is 0 Å². The zero-order valence-electron chi connectivity index (χ0n) is 7.15. The molecule has 0 aromatic rings. The van der Waals surface area contributed by atoms with Crippen molar-refractivity contribution < 1.29 is 0 Å². The largest absolute Gasteiger partial charge is 0.0845 e. The van der Waals surface area contributed by atoms with Crippen LogP contribution in [-0.4, -0.2) is 0 Å². The molecule has 1 unspecified atom stereocenters. The minimum Gasteiger partial charge on any atom is -0.0845 e. The van der Waals surface area contributed by atoms with Crippen molar-refractivity contribution in [3.8, 4) is 0 Å². The topological polar surface area (TPSA) is 0 Å². The van der Waals surface area contributed by atoms with E-state index in [4.69, 9.17) is 0 Å². The van der Waals surface area contributed by atoms with Crippen molar-refractivity contribution in [2.75, 3.05) is 0 Å². The maximum absolute atomic E-state index is 2.29. The number of hydrogen-bond acceptors (Lipinski definition) is 0. The molecule has 0 radical (unpaired) electrons. The van der Waals surface area contributed by atoms with E-state index >= 15 is 0 Å². The predicted octanol–water partition coefficient (Wildman–Crippen LogP) is 3.31. The Morgan fingerprint density at radius 3 is 2.70 bits per heavy atom. The Hall–Kier alpha value is -0.520. The van der Waals surface area contributed by atoms with Gasteiger partial charge in [0.15, 0.2) is 0 Å². The minimum absolute atomic E-state index is 0.876. The maximum atomic E-state index is 2.29. The van der Waals surface area contributed by atoms with Crippen LogP contribution in [0, 0.1) is 5.92 Å². The molecule has 0 aromatic carbocycles. The smallest absolute Gasteiger partial charge is 0.0188 e. The summed E-state index contributed by atoms with van der Waals surface area (Å²) in [4.78, 5) is 0. The lowest BCUT2D eigenvalue weighted by atomic mass is 10.2. The maximum Gasteiger partial charge on any atom is -0.0188 e. The fourth-order valence-corrected chi connectivity index (χ4v) is 1.22. The third kappa shape index (κ3) is 1.73. The number of allylic oxidation sites excluding steroid dienone is 4. The van der Waals surface area contributed by atoms with Crippen molar-refractivity contribution in [3.63, 3.8) is 0 Å². The lowest BCUT2D eigenvalue weighted by Gasteiger charge is -1.87. The van der Waals surface area contributed by atoms with Crippen molar-refractivity contribution in [1.29, 1.82) is 0 Å². The van der Waals surface area contributed by atoms with Gasteiger partial charge in [0.05, 0.1) is 0 Å². The van der Waals surface area contributed by atoms with E-state index in [-0.39, 0.29) is 0 Å². The molecule has 1 saturated carbocycles. The summed E-state index contributed by atoms with van der Waals surface area (Å²) in [6.07, 6.45) is 6.96. The van der Waals surface area contributed by atoms with Crippen LogP contribution in [0.1, 0.15) is 33.6 Å². The van der Waals surface area contributed by atoms with Crippen LogP contribution in [0.25, 0.3) is 0 Å². The lowest BCUT2D eigenvalue weighted by Crippen LogP contribution is -1.67. The zero-order chi connectivity index (χ0) is 7.56. The van der Waals surface area contributed by atoms with Crippen molar-refractivity contribution in [2.45, 2.75) is 33.6 Å². The molecule has 0 nitrogen and oxygen atoms in total. The van der Waals surface area contributed by atoms with Gasteiger partial charge in [0, 0.05) is 0 Å². The van der Waals surface area contributed by atoms with Crippen LogP contribution in [0.4, 0.5) is 0 Å². The Labute approximate surface area is 63.6 Å². The molecule has 1 fully saturated rings. The Balaban J connectivity index is 2.50. The first kappa shape index (κ1) is 7.59. The van der Waals surface area contributed by atoms with E-state index in [1.54, 1.807) is 5.57 Å². The SMILES string of the molecule is CCC=CC(C)=C1CC1C. The second-order valence-electron chi connectivity index (χ2n) is 3.12. The minimum atomic E-state index is 0.876. The molecule has 0 heteroatoms. The summed E-state index contributed by atoms with van der Waals surface area (Å²) in [5.41, 5.74) is 3.15. The average molecular weight is 136 g/mol. The Morgan fingerprint density at radius 2 is 2.30 bits per heavy atom. The first-order chi connectivity index (χ1) is 4.75. The molecular formula is C10H16. The van der Waals surface area contributed by atoms with Crippen LogP contribution in [0.5, 0.6) is 0 Å². The van der Waals surface area contributed by atoms with Crippen molar-refractivity contribution in [2.24, 2.45) is 5.92 Å². The quantitative estimate of drug-likeness (QED) is 0.546. The molecular weight excluding hydrogens is 120 g/mol. The third-order valence-electron chi connectivity index (χ3n) is 2.07. The zero-order valence-corrected chi connectivity index (χ0v) is 7.15. The van der Waals surface area contributed by atoms with Gasteiger partial charge < -0.3 is 0 Å². The molecule has 56 valence electrons. The monoisotopic (exact) mass is 136 g/mol. The van der Waals surface area contributed by atoms with E-state index < -0.39 is 0 Å². The summed E-state index contributed by atoms with van der Waals surface area (Å²) in [6, 6.07) is 0. The summed E-state index contributed by atoms with van der Waals surface area (Å²) >= 11 is 0. The van der Waals surface area contributed by atoms with Crippen LogP contribution in [-0.2, 0) is 0 Å². The van der Waals surface area contributed by atoms with Crippen LogP contribution >= 0.6 is 0 Å². The second-order valence-corrected chi connectivity index (χ2v) is 3.12. The molecule has 0 amide bonds. The highest BCUT2D eigenvalue weighted by molar-refractivity contribution is 5.34. The fraction of sp³-hybridized carbons (Fsp3) is 0.600. The molecule has 10 heavy (non-hydrogen) atoms. The fourth-order valence-electron chi connectivity index (χ4n) is 1.22. The molecule has 0 saturated heterocycles. The molecule has 1 atom stereocenters. The van der Waals surface area contributed by atoms with E-state index in [0.29, 0.717) is 0 Å². The third-order valence-corrected chi connectivity index (χ3v) is 2.07. The van der Waals surface area contributed by atoms with E-state index in [1.807, 2.05) is 0 Å². The Morgan fingerprint density at radius 1 is 1.70 bits per heavy atom. The standard InChI is InChI=1S/C10H16/c1-4-5-6-8(2)10-7-9(10)3/h5-6,9H,4,7H2,1-3H3. The second kappa shape index (κ2) is 3.05. The lowest BCUT2D eigenvalue weighted by molar-refractivity contribution is 1.02. The normalized spacial score (nSPS) is 29.3. The van der Waals surface area contributed by atoms with Gasteiger partial charge in [0.25, 0.3) is 0 Å². The van der Waals surface area contributed by atoms with Gasteiger partial charge in [-0.25, -0.2) is 0 Å². The molecule has 0 spiro atoms. The van der Waals surface area contributed by atoms with Crippen molar-refractivity contribution in [1.82, 2.24) is 0 Å². The number of hydrogen-bond donors (Lipinski definition) is 0. The first-order valence-electron chi connectivity index (χ1n) is 4.12. The highest BCUT2D eigenvalue weighted by Gasteiger charge is 2.25.